The normalized spacial score (nSPS) is 16.5. The highest BCUT2D eigenvalue weighted by atomic mass is 79.9. The van der Waals surface area contributed by atoms with Gasteiger partial charge >= 0.3 is 5.97 Å². The van der Waals surface area contributed by atoms with Crippen molar-refractivity contribution >= 4 is 37.5 Å². The highest BCUT2D eigenvalue weighted by Gasteiger charge is 2.37. The van der Waals surface area contributed by atoms with E-state index in [-0.39, 0.29) is 16.4 Å². The number of carbonyl (C=O) groups excluding carboxylic acids is 2. The maximum Gasteiger partial charge on any atom is 0.314 e. The van der Waals surface area contributed by atoms with Crippen molar-refractivity contribution in [3.63, 3.8) is 0 Å². The summed E-state index contributed by atoms with van der Waals surface area (Å²) in [4.78, 5) is 24.9. The minimum absolute atomic E-state index is 0.0518. The van der Waals surface area contributed by atoms with Crippen molar-refractivity contribution in [3.8, 4) is 0 Å². The number of rotatable bonds is 4. The van der Waals surface area contributed by atoms with Crippen LogP contribution in [0.3, 0.4) is 0 Å². The third-order valence-corrected chi connectivity index (χ3v) is 5.94. The van der Waals surface area contributed by atoms with Gasteiger partial charge in [-0.15, -0.1) is 0 Å². The summed E-state index contributed by atoms with van der Waals surface area (Å²) in [6, 6.07) is 8.13. The number of benzene rings is 1. The Bertz CT molecular complexity index is 960. The smallest absolute Gasteiger partial charge is 0.314 e. The molecule has 6 nitrogen and oxygen atoms in total. The molecule has 0 amide bonds. The summed E-state index contributed by atoms with van der Waals surface area (Å²) >= 11 is 3.31. The first-order valence-electron chi connectivity index (χ1n) is 7.55. The van der Waals surface area contributed by atoms with Crippen LogP contribution in [0.4, 0.5) is 0 Å². The van der Waals surface area contributed by atoms with Gasteiger partial charge in [0.1, 0.15) is 5.69 Å². The highest BCUT2D eigenvalue weighted by Crippen LogP contribution is 2.36. The zero-order chi connectivity index (χ0) is 18.4. The van der Waals surface area contributed by atoms with Crippen molar-refractivity contribution in [1.82, 2.24) is 4.57 Å². The van der Waals surface area contributed by atoms with Gasteiger partial charge in [-0.1, -0.05) is 15.9 Å². The fourth-order valence-electron chi connectivity index (χ4n) is 3.11. The lowest BCUT2D eigenvalue weighted by molar-refractivity contribution is -0.142. The number of esters is 1. The quantitative estimate of drug-likeness (QED) is 0.555. The number of hydrogen-bond donors (Lipinski definition) is 0. The van der Waals surface area contributed by atoms with Crippen LogP contribution < -0.4 is 0 Å². The number of halogens is 1. The predicted molar refractivity (Wildman–Crippen MR) is 94.5 cm³/mol. The van der Waals surface area contributed by atoms with Crippen molar-refractivity contribution in [2.45, 2.75) is 23.8 Å². The van der Waals surface area contributed by atoms with Crippen LogP contribution in [0.1, 0.15) is 34.1 Å². The SMILES string of the molecule is COC(=O)C1CCn2c1cc(S(C)(=O)=O)c2C(=O)c1ccc(Br)cc1. The molecule has 0 saturated carbocycles. The molecule has 0 spiro atoms. The van der Waals surface area contributed by atoms with Crippen LogP contribution >= 0.6 is 15.9 Å². The molecule has 0 bridgehead atoms. The van der Waals surface area contributed by atoms with E-state index >= 15 is 0 Å². The average Bonchev–Trinajstić information content (AvgIpc) is 3.12. The number of nitrogens with zero attached hydrogens (tertiary/aromatic N) is 1. The van der Waals surface area contributed by atoms with Gasteiger partial charge in [0.05, 0.1) is 17.9 Å². The predicted octanol–water partition coefficient (Wildman–Crippen LogP) is 2.55. The van der Waals surface area contributed by atoms with Gasteiger partial charge < -0.3 is 9.30 Å². The second-order valence-corrected chi connectivity index (χ2v) is 8.81. The van der Waals surface area contributed by atoms with Crippen LogP contribution in [0.2, 0.25) is 0 Å². The first kappa shape index (κ1) is 17.9. The monoisotopic (exact) mass is 425 g/mol. The van der Waals surface area contributed by atoms with Crippen LogP contribution in [-0.4, -0.2) is 38.1 Å². The Kier molecular flexibility index (Phi) is 4.59. The molecule has 1 aliphatic rings. The number of fused-ring (bicyclic) bond motifs is 1. The fraction of sp³-hybridized carbons (Fsp3) is 0.294. The zero-order valence-corrected chi connectivity index (χ0v) is 16.1. The summed E-state index contributed by atoms with van der Waals surface area (Å²) in [7, 11) is -2.34. The molecule has 0 saturated heterocycles. The lowest BCUT2D eigenvalue weighted by Gasteiger charge is -2.08. The Morgan fingerprint density at radius 2 is 1.88 bits per heavy atom. The fourth-order valence-corrected chi connectivity index (χ4v) is 4.27. The molecule has 132 valence electrons. The van der Waals surface area contributed by atoms with E-state index in [1.54, 1.807) is 28.8 Å². The minimum atomic E-state index is -3.63. The van der Waals surface area contributed by atoms with Crippen molar-refractivity contribution in [2.24, 2.45) is 0 Å². The maximum atomic E-state index is 13.0. The number of methoxy groups -OCH3 is 1. The second kappa shape index (κ2) is 6.42. The molecule has 0 aliphatic carbocycles. The molecule has 2 heterocycles. The van der Waals surface area contributed by atoms with E-state index in [2.05, 4.69) is 15.9 Å². The molecule has 0 fully saturated rings. The van der Waals surface area contributed by atoms with Crippen molar-refractivity contribution < 1.29 is 22.7 Å². The van der Waals surface area contributed by atoms with E-state index < -0.39 is 21.7 Å². The zero-order valence-electron chi connectivity index (χ0n) is 13.7. The summed E-state index contributed by atoms with van der Waals surface area (Å²) in [6.45, 7) is 0.391. The third-order valence-electron chi connectivity index (χ3n) is 4.30. The summed E-state index contributed by atoms with van der Waals surface area (Å²) in [5, 5.41) is 0. The third kappa shape index (κ3) is 3.16. The van der Waals surface area contributed by atoms with Gasteiger partial charge in [0.2, 0.25) is 5.78 Å². The Morgan fingerprint density at radius 3 is 2.44 bits per heavy atom. The molecule has 1 atom stereocenters. The number of aromatic nitrogens is 1. The minimum Gasteiger partial charge on any atom is -0.469 e. The van der Waals surface area contributed by atoms with Crippen LogP contribution in [0.15, 0.2) is 39.7 Å². The summed E-state index contributed by atoms with van der Waals surface area (Å²) < 4.78 is 31.6. The van der Waals surface area contributed by atoms with E-state index in [1.807, 2.05) is 0 Å². The number of sulfone groups is 1. The number of hydrogen-bond acceptors (Lipinski definition) is 5. The van der Waals surface area contributed by atoms with Gasteiger partial charge in [-0.3, -0.25) is 9.59 Å². The summed E-state index contributed by atoms with van der Waals surface area (Å²) in [5.41, 5.74) is 0.995. The number of ketones is 1. The lowest BCUT2D eigenvalue weighted by atomic mass is 10.1. The highest BCUT2D eigenvalue weighted by molar-refractivity contribution is 9.10. The topological polar surface area (TPSA) is 82.4 Å². The average molecular weight is 426 g/mol. The van der Waals surface area contributed by atoms with Crippen molar-refractivity contribution in [3.05, 3.63) is 51.8 Å². The summed E-state index contributed by atoms with van der Waals surface area (Å²) in [5.74, 6) is -1.37. The van der Waals surface area contributed by atoms with Gasteiger partial charge in [-0.25, -0.2) is 8.42 Å². The van der Waals surface area contributed by atoms with E-state index in [0.29, 0.717) is 24.2 Å². The first-order chi connectivity index (χ1) is 11.7. The molecule has 3 rings (SSSR count). The Hall–Kier alpha value is -1.93. The van der Waals surface area contributed by atoms with Crippen molar-refractivity contribution in [1.29, 1.82) is 0 Å². The second-order valence-electron chi connectivity index (χ2n) is 5.91. The standard InChI is InChI=1S/C17H16BrNO5S/c1-24-17(21)12-7-8-19-13(12)9-14(25(2,22)23)15(19)16(20)10-3-5-11(18)6-4-10/h3-6,9,12H,7-8H2,1-2H3. The van der Waals surface area contributed by atoms with Crippen LogP contribution in [0.5, 0.6) is 0 Å². The van der Waals surface area contributed by atoms with E-state index in [0.717, 1.165) is 10.7 Å². The van der Waals surface area contributed by atoms with Gasteiger partial charge in [-0.2, -0.15) is 0 Å². The molecule has 25 heavy (non-hydrogen) atoms. The molecule has 1 unspecified atom stereocenters. The largest absolute Gasteiger partial charge is 0.469 e. The van der Waals surface area contributed by atoms with Crippen LogP contribution in [0.25, 0.3) is 0 Å². The molecule has 0 radical (unpaired) electrons. The van der Waals surface area contributed by atoms with Gasteiger partial charge in [0.25, 0.3) is 0 Å². The Balaban J connectivity index is 2.17. The Morgan fingerprint density at radius 1 is 1.24 bits per heavy atom. The maximum absolute atomic E-state index is 13.0. The molecule has 1 aliphatic heterocycles. The van der Waals surface area contributed by atoms with Crippen LogP contribution in [-0.2, 0) is 25.9 Å². The van der Waals surface area contributed by atoms with Gasteiger partial charge in [0, 0.05) is 28.5 Å². The summed E-state index contributed by atoms with van der Waals surface area (Å²) in [6.07, 6.45) is 1.54. The van der Waals surface area contributed by atoms with Gasteiger partial charge in [0.15, 0.2) is 9.84 Å². The van der Waals surface area contributed by atoms with Crippen LogP contribution in [0, 0.1) is 0 Å². The van der Waals surface area contributed by atoms with E-state index in [4.69, 9.17) is 4.74 Å². The molecule has 8 heteroatoms. The molecule has 2 aromatic rings. The van der Waals surface area contributed by atoms with E-state index in [9.17, 15) is 18.0 Å². The van der Waals surface area contributed by atoms with E-state index in [1.165, 1.54) is 13.2 Å². The molecule has 1 aromatic carbocycles. The van der Waals surface area contributed by atoms with Gasteiger partial charge in [-0.05, 0) is 36.8 Å². The molecular weight excluding hydrogens is 410 g/mol. The number of ether oxygens (including phenoxy) is 1. The Labute approximate surface area is 153 Å². The molecule has 1 aromatic heterocycles. The van der Waals surface area contributed by atoms with Crippen molar-refractivity contribution in [2.75, 3.05) is 13.4 Å². The number of carbonyl (C=O) groups is 2. The molecular formula is C17H16BrNO5S. The molecule has 0 N–H and O–H groups in total. The first-order valence-corrected chi connectivity index (χ1v) is 10.2. The lowest BCUT2D eigenvalue weighted by Crippen LogP contribution is -2.13.